The van der Waals surface area contributed by atoms with E-state index in [1.165, 1.54) is 16.9 Å². The minimum atomic E-state index is -0.0151. The van der Waals surface area contributed by atoms with Crippen LogP contribution < -0.4 is 15.8 Å². The van der Waals surface area contributed by atoms with E-state index in [2.05, 4.69) is 27.6 Å². The van der Waals surface area contributed by atoms with Gasteiger partial charge in [0.05, 0.1) is 6.61 Å². The topological polar surface area (TPSA) is 90.1 Å². The largest absolute Gasteiger partial charge is 0.493 e. The molecule has 0 saturated heterocycles. The third kappa shape index (κ3) is 6.16. The van der Waals surface area contributed by atoms with E-state index >= 15 is 0 Å². The maximum absolute atomic E-state index is 12.3. The van der Waals surface area contributed by atoms with Crippen molar-refractivity contribution in [2.24, 2.45) is 11.7 Å². The summed E-state index contributed by atoms with van der Waals surface area (Å²) in [6.07, 6.45) is 4.33. The van der Waals surface area contributed by atoms with Crippen molar-refractivity contribution in [1.82, 2.24) is 10.2 Å². The van der Waals surface area contributed by atoms with Crippen LogP contribution in [0.1, 0.15) is 41.8 Å². The number of nitrogens with two attached hydrogens (primary N) is 1. The fourth-order valence-electron chi connectivity index (χ4n) is 3.19. The van der Waals surface area contributed by atoms with Crippen LogP contribution in [0.3, 0.4) is 0 Å². The first-order valence-corrected chi connectivity index (χ1v) is 9.92. The highest BCUT2D eigenvalue weighted by Crippen LogP contribution is 2.25. The van der Waals surface area contributed by atoms with Gasteiger partial charge >= 0.3 is 0 Å². The van der Waals surface area contributed by atoms with Crippen LogP contribution in [0.25, 0.3) is 0 Å². The molecule has 0 spiro atoms. The molecule has 0 unspecified atom stereocenters. The second-order valence-corrected chi connectivity index (χ2v) is 8.04. The highest BCUT2D eigenvalue weighted by atomic mass is 35.5. The van der Waals surface area contributed by atoms with Gasteiger partial charge in [-0.25, -0.2) is 0 Å². The number of aryl methyl sites for hydroxylation is 2. The molecule has 1 heterocycles. The predicted octanol–water partition coefficient (Wildman–Crippen LogP) is 3.65. The molecule has 0 aliphatic heterocycles. The Balaban J connectivity index is 0.00000261. The fraction of sp³-hybridized carbons (Fsp3) is 0.526. The number of ether oxygens (including phenoxy) is 1. The lowest BCUT2D eigenvalue weighted by Gasteiger charge is -2.25. The van der Waals surface area contributed by atoms with Crippen molar-refractivity contribution < 1.29 is 9.53 Å². The van der Waals surface area contributed by atoms with Crippen molar-refractivity contribution >= 4 is 34.8 Å². The number of amides is 1. The van der Waals surface area contributed by atoms with E-state index in [-0.39, 0.29) is 30.3 Å². The highest BCUT2D eigenvalue weighted by molar-refractivity contribution is 7.15. The Kier molecular flexibility index (Phi) is 8.01. The summed E-state index contributed by atoms with van der Waals surface area (Å²) < 4.78 is 5.86. The second kappa shape index (κ2) is 10.0. The standard InChI is InChI=1S/C19H26N4O2S.ClH/c1-12-6-7-13(2)16(10-12)25-9-8-17-22-23-19(26-17)21-18(24)14-4-3-5-15(20)11-14;/h6-7,10,14-15H,3-5,8-9,11,20H2,1-2H3,(H,21,23,24);1H/t14-,15+;/m1./s1. The first kappa shape index (κ1) is 21.6. The molecular formula is C19H27ClN4O2S. The number of nitrogens with zero attached hydrogens (tertiary/aromatic N) is 2. The van der Waals surface area contributed by atoms with Crippen molar-refractivity contribution in [2.45, 2.75) is 52.0 Å². The van der Waals surface area contributed by atoms with Crippen LogP contribution in [0.4, 0.5) is 5.13 Å². The second-order valence-electron chi connectivity index (χ2n) is 6.98. The number of benzene rings is 1. The number of nitrogens with one attached hydrogen (secondary N) is 1. The quantitative estimate of drug-likeness (QED) is 0.758. The van der Waals surface area contributed by atoms with Crippen molar-refractivity contribution in [3.05, 3.63) is 34.3 Å². The molecule has 3 rings (SSSR count). The van der Waals surface area contributed by atoms with Crippen molar-refractivity contribution in [1.29, 1.82) is 0 Å². The molecule has 27 heavy (non-hydrogen) atoms. The van der Waals surface area contributed by atoms with Gasteiger partial charge in [-0.2, -0.15) is 0 Å². The van der Waals surface area contributed by atoms with E-state index in [0.29, 0.717) is 18.2 Å². The average molecular weight is 411 g/mol. The highest BCUT2D eigenvalue weighted by Gasteiger charge is 2.26. The van der Waals surface area contributed by atoms with Gasteiger partial charge < -0.3 is 15.8 Å². The Hall–Kier alpha value is -1.70. The van der Waals surface area contributed by atoms with Gasteiger partial charge in [-0.3, -0.25) is 4.79 Å². The summed E-state index contributed by atoms with van der Waals surface area (Å²) in [5.41, 5.74) is 8.26. The van der Waals surface area contributed by atoms with Crippen LogP contribution in [0.15, 0.2) is 18.2 Å². The van der Waals surface area contributed by atoms with Gasteiger partial charge in [0, 0.05) is 18.4 Å². The molecule has 1 fully saturated rings. The Bertz CT molecular complexity index is 768. The SMILES string of the molecule is Cc1ccc(C)c(OCCc2nnc(NC(=O)[C@@H]3CCC[C@H](N)C3)s2)c1.Cl. The van der Waals surface area contributed by atoms with E-state index in [9.17, 15) is 4.79 Å². The van der Waals surface area contributed by atoms with Crippen LogP contribution in [0.5, 0.6) is 5.75 Å². The summed E-state index contributed by atoms with van der Waals surface area (Å²) in [6, 6.07) is 6.30. The van der Waals surface area contributed by atoms with Crippen molar-refractivity contribution in [3.8, 4) is 5.75 Å². The normalized spacial score (nSPS) is 19.2. The Morgan fingerprint density at radius 3 is 2.93 bits per heavy atom. The molecule has 1 saturated carbocycles. The molecule has 148 valence electrons. The number of aromatic nitrogens is 2. The number of anilines is 1. The van der Waals surface area contributed by atoms with Crippen molar-refractivity contribution in [2.75, 3.05) is 11.9 Å². The first-order chi connectivity index (χ1) is 12.5. The summed E-state index contributed by atoms with van der Waals surface area (Å²) in [7, 11) is 0. The van der Waals surface area contributed by atoms with Crippen molar-refractivity contribution in [3.63, 3.8) is 0 Å². The number of hydrogen-bond donors (Lipinski definition) is 2. The van der Waals surface area contributed by atoms with Gasteiger partial charge in [0.15, 0.2) is 0 Å². The maximum Gasteiger partial charge on any atom is 0.229 e. The van der Waals surface area contributed by atoms with Crippen LogP contribution in [-0.4, -0.2) is 28.8 Å². The lowest BCUT2D eigenvalue weighted by atomic mass is 9.86. The van der Waals surface area contributed by atoms with Crippen LogP contribution in [0.2, 0.25) is 0 Å². The van der Waals surface area contributed by atoms with Crippen LogP contribution in [-0.2, 0) is 11.2 Å². The monoisotopic (exact) mass is 410 g/mol. The van der Waals surface area contributed by atoms with E-state index in [0.717, 1.165) is 42.0 Å². The summed E-state index contributed by atoms with van der Waals surface area (Å²) in [5, 5.41) is 12.5. The minimum absolute atomic E-state index is 0. The fourth-order valence-corrected chi connectivity index (χ4v) is 3.91. The van der Waals surface area contributed by atoms with Crippen LogP contribution >= 0.6 is 23.7 Å². The van der Waals surface area contributed by atoms with Gasteiger partial charge in [0.1, 0.15) is 10.8 Å². The summed E-state index contributed by atoms with van der Waals surface area (Å²) in [4.78, 5) is 12.3. The third-order valence-corrected chi connectivity index (χ3v) is 5.60. The molecule has 8 heteroatoms. The third-order valence-electron chi connectivity index (χ3n) is 4.70. The Morgan fingerprint density at radius 1 is 1.33 bits per heavy atom. The molecule has 1 amide bonds. The molecule has 0 radical (unpaired) electrons. The smallest absolute Gasteiger partial charge is 0.229 e. The molecule has 2 aromatic rings. The molecular weight excluding hydrogens is 384 g/mol. The zero-order valence-electron chi connectivity index (χ0n) is 15.7. The van der Waals surface area contributed by atoms with Gasteiger partial charge in [0.25, 0.3) is 0 Å². The van der Waals surface area contributed by atoms with Gasteiger partial charge in [-0.15, -0.1) is 22.6 Å². The number of hydrogen-bond acceptors (Lipinski definition) is 6. The molecule has 3 N–H and O–H groups in total. The van der Waals surface area contributed by atoms with Crippen LogP contribution in [0, 0.1) is 19.8 Å². The lowest BCUT2D eigenvalue weighted by Crippen LogP contribution is -2.34. The molecule has 0 bridgehead atoms. The summed E-state index contributed by atoms with van der Waals surface area (Å²) >= 11 is 1.40. The minimum Gasteiger partial charge on any atom is -0.493 e. The molecule has 1 aliphatic rings. The zero-order chi connectivity index (χ0) is 18.5. The number of rotatable bonds is 6. The van der Waals surface area contributed by atoms with E-state index in [4.69, 9.17) is 10.5 Å². The van der Waals surface area contributed by atoms with Gasteiger partial charge in [-0.1, -0.05) is 29.9 Å². The maximum atomic E-state index is 12.3. The van der Waals surface area contributed by atoms with Gasteiger partial charge in [0.2, 0.25) is 11.0 Å². The first-order valence-electron chi connectivity index (χ1n) is 9.10. The molecule has 1 aliphatic carbocycles. The Labute approximate surface area is 170 Å². The van der Waals surface area contributed by atoms with E-state index in [1.807, 2.05) is 19.9 Å². The molecule has 1 aromatic heterocycles. The van der Waals surface area contributed by atoms with Gasteiger partial charge in [-0.05, 0) is 50.3 Å². The molecule has 1 aromatic carbocycles. The number of halogens is 1. The van der Waals surface area contributed by atoms with E-state index < -0.39 is 0 Å². The summed E-state index contributed by atoms with van der Waals surface area (Å²) in [5.74, 6) is 0.893. The predicted molar refractivity (Wildman–Crippen MR) is 111 cm³/mol. The number of carbonyl (C=O) groups is 1. The van der Waals surface area contributed by atoms with E-state index in [1.54, 1.807) is 0 Å². The zero-order valence-corrected chi connectivity index (χ0v) is 17.4. The average Bonchev–Trinajstić information content (AvgIpc) is 3.05. The lowest BCUT2D eigenvalue weighted by molar-refractivity contribution is -0.120. The summed E-state index contributed by atoms with van der Waals surface area (Å²) in [6.45, 7) is 4.61. The number of carbonyl (C=O) groups excluding carboxylic acids is 1. The molecule has 2 atom stereocenters. The molecule has 6 nitrogen and oxygen atoms in total. The Morgan fingerprint density at radius 2 is 2.15 bits per heavy atom.